The third-order valence-corrected chi connectivity index (χ3v) is 3.96. The third kappa shape index (κ3) is 5.41. The molecule has 2 rings (SSSR count). The molecule has 0 bridgehead atoms. The Morgan fingerprint density at radius 1 is 1.04 bits per heavy atom. The number of carbonyl (C=O) groups is 1. The highest BCUT2D eigenvalue weighted by Crippen LogP contribution is 2.24. The Labute approximate surface area is 145 Å². The summed E-state index contributed by atoms with van der Waals surface area (Å²) in [6, 6.07) is 18.1. The first-order chi connectivity index (χ1) is 11.4. The summed E-state index contributed by atoms with van der Waals surface area (Å²) in [7, 11) is 0. The van der Waals surface area contributed by atoms with Gasteiger partial charge in [-0.15, -0.1) is 0 Å². The van der Waals surface area contributed by atoms with Gasteiger partial charge in [0.25, 0.3) is 5.91 Å². The molecule has 0 saturated heterocycles. The highest BCUT2D eigenvalue weighted by molar-refractivity contribution is 5.80. The van der Waals surface area contributed by atoms with E-state index in [0.717, 1.165) is 6.42 Å². The summed E-state index contributed by atoms with van der Waals surface area (Å²) in [5, 5.41) is 2.92. The lowest BCUT2D eigenvalue weighted by Crippen LogP contribution is -2.37. The first kappa shape index (κ1) is 18.1. The molecule has 1 atom stereocenters. The Morgan fingerprint density at radius 3 is 2.25 bits per heavy atom. The topological polar surface area (TPSA) is 38.3 Å². The number of hydrogen-bond acceptors (Lipinski definition) is 2. The molecule has 0 saturated carbocycles. The molecule has 3 heteroatoms. The Morgan fingerprint density at radius 2 is 1.67 bits per heavy atom. The zero-order valence-corrected chi connectivity index (χ0v) is 15.0. The molecule has 0 aliphatic carbocycles. The van der Waals surface area contributed by atoms with Crippen LogP contribution in [0.1, 0.15) is 38.8 Å². The zero-order chi connectivity index (χ0) is 17.6. The Hall–Kier alpha value is -2.29. The second-order valence-electron chi connectivity index (χ2n) is 7.06. The summed E-state index contributed by atoms with van der Waals surface area (Å²) in [5.74, 6) is 0.625. The maximum atomic E-state index is 12.1. The number of ether oxygens (including phenoxy) is 1. The minimum Gasteiger partial charge on any atom is -0.481 e. The van der Waals surface area contributed by atoms with E-state index in [2.05, 4.69) is 50.4 Å². The van der Waals surface area contributed by atoms with Gasteiger partial charge in [0.05, 0.1) is 0 Å². The fourth-order valence-electron chi connectivity index (χ4n) is 2.41. The standard InChI is InChI=1S/C21H27NO2/c1-16(20(23)22-15-14-17-8-6-5-7-9-17)24-19-12-10-18(11-13-19)21(2,3)4/h5-13,16H,14-15H2,1-4H3,(H,22,23). The maximum absolute atomic E-state index is 12.1. The molecule has 0 aliphatic heterocycles. The molecule has 0 radical (unpaired) electrons. The van der Waals surface area contributed by atoms with E-state index in [4.69, 9.17) is 4.74 Å². The molecular formula is C21H27NO2. The zero-order valence-electron chi connectivity index (χ0n) is 15.0. The van der Waals surface area contributed by atoms with Crippen LogP contribution in [0.4, 0.5) is 0 Å². The highest BCUT2D eigenvalue weighted by atomic mass is 16.5. The third-order valence-electron chi connectivity index (χ3n) is 3.96. The van der Waals surface area contributed by atoms with Gasteiger partial charge < -0.3 is 10.1 Å². The van der Waals surface area contributed by atoms with Crippen molar-refractivity contribution in [1.82, 2.24) is 5.32 Å². The first-order valence-electron chi connectivity index (χ1n) is 8.45. The largest absolute Gasteiger partial charge is 0.481 e. The van der Waals surface area contributed by atoms with E-state index in [-0.39, 0.29) is 11.3 Å². The van der Waals surface area contributed by atoms with Gasteiger partial charge in [0.15, 0.2) is 6.10 Å². The van der Waals surface area contributed by atoms with Crippen LogP contribution in [-0.2, 0) is 16.6 Å². The highest BCUT2D eigenvalue weighted by Gasteiger charge is 2.16. The van der Waals surface area contributed by atoms with Crippen LogP contribution in [0, 0.1) is 0 Å². The van der Waals surface area contributed by atoms with Crippen LogP contribution in [0.2, 0.25) is 0 Å². The van der Waals surface area contributed by atoms with Crippen molar-refractivity contribution < 1.29 is 9.53 Å². The van der Waals surface area contributed by atoms with Crippen LogP contribution in [0.3, 0.4) is 0 Å². The molecular weight excluding hydrogens is 298 g/mol. The minimum absolute atomic E-state index is 0.0918. The molecule has 0 spiro atoms. The van der Waals surface area contributed by atoms with Gasteiger partial charge in [0.1, 0.15) is 5.75 Å². The van der Waals surface area contributed by atoms with Gasteiger partial charge in [-0.2, -0.15) is 0 Å². The molecule has 0 aromatic heterocycles. The van der Waals surface area contributed by atoms with Crippen molar-refractivity contribution in [3.8, 4) is 5.75 Å². The Kier molecular flexibility index (Phi) is 6.02. The van der Waals surface area contributed by atoms with E-state index < -0.39 is 6.10 Å². The van der Waals surface area contributed by atoms with Gasteiger partial charge in [0, 0.05) is 6.54 Å². The maximum Gasteiger partial charge on any atom is 0.260 e. The van der Waals surface area contributed by atoms with Gasteiger partial charge in [-0.1, -0.05) is 63.2 Å². The van der Waals surface area contributed by atoms with Crippen molar-refractivity contribution in [1.29, 1.82) is 0 Å². The summed E-state index contributed by atoms with van der Waals surface area (Å²) in [5.41, 5.74) is 2.57. The molecule has 0 fully saturated rings. The second kappa shape index (κ2) is 8.00. The fourth-order valence-corrected chi connectivity index (χ4v) is 2.41. The number of amides is 1. The number of rotatable bonds is 6. The number of carbonyl (C=O) groups excluding carboxylic acids is 1. The first-order valence-corrected chi connectivity index (χ1v) is 8.45. The predicted octanol–water partition coefficient (Wildman–Crippen LogP) is 4.11. The van der Waals surface area contributed by atoms with Crippen molar-refractivity contribution in [3.05, 3.63) is 65.7 Å². The van der Waals surface area contributed by atoms with Crippen molar-refractivity contribution in [2.75, 3.05) is 6.54 Å². The average Bonchev–Trinajstić information content (AvgIpc) is 2.55. The van der Waals surface area contributed by atoms with Crippen LogP contribution in [0.25, 0.3) is 0 Å². The fraction of sp³-hybridized carbons (Fsp3) is 0.381. The van der Waals surface area contributed by atoms with Crippen LogP contribution in [-0.4, -0.2) is 18.6 Å². The molecule has 0 heterocycles. The summed E-state index contributed by atoms with van der Waals surface area (Å²) < 4.78 is 5.73. The van der Waals surface area contributed by atoms with E-state index >= 15 is 0 Å². The molecule has 1 N–H and O–H groups in total. The Bertz CT molecular complexity index is 642. The molecule has 3 nitrogen and oxygen atoms in total. The second-order valence-corrected chi connectivity index (χ2v) is 7.06. The van der Waals surface area contributed by atoms with E-state index in [1.54, 1.807) is 6.92 Å². The number of hydrogen-bond donors (Lipinski definition) is 1. The van der Waals surface area contributed by atoms with Crippen molar-refractivity contribution in [2.24, 2.45) is 0 Å². The number of nitrogens with one attached hydrogen (secondary N) is 1. The van der Waals surface area contributed by atoms with Crippen molar-refractivity contribution in [3.63, 3.8) is 0 Å². The molecule has 2 aromatic carbocycles. The van der Waals surface area contributed by atoms with E-state index in [1.807, 2.05) is 30.3 Å². The van der Waals surface area contributed by atoms with Crippen LogP contribution in [0.15, 0.2) is 54.6 Å². The molecule has 1 unspecified atom stereocenters. The van der Waals surface area contributed by atoms with E-state index in [1.165, 1.54) is 11.1 Å². The Balaban J connectivity index is 1.81. The normalized spacial score (nSPS) is 12.5. The van der Waals surface area contributed by atoms with Crippen LogP contribution < -0.4 is 10.1 Å². The minimum atomic E-state index is -0.513. The summed E-state index contributed by atoms with van der Waals surface area (Å²) >= 11 is 0. The monoisotopic (exact) mass is 325 g/mol. The lowest BCUT2D eigenvalue weighted by molar-refractivity contribution is -0.127. The van der Waals surface area contributed by atoms with Crippen molar-refractivity contribution in [2.45, 2.75) is 45.6 Å². The smallest absolute Gasteiger partial charge is 0.260 e. The SMILES string of the molecule is CC(Oc1ccc(C(C)(C)C)cc1)C(=O)NCCc1ccccc1. The quantitative estimate of drug-likeness (QED) is 0.868. The lowest BCUT2D eigenvalue weighted by Gasteiger charge is -2.20. The molecule has 24 heavy (non-hydrogen) atoms. The van der Waals surface area contributed by atoms with E-state index in [0.29, 0.717) is 12.3 Å². The summed E-state index contributed by atoms with van der Waals surface area (Å²) in [4.78, 5) is 12.1. The average molecular weight is 325 g/mol. The molecule has 2 aromatic rings. The lowest BCUT2D eigenvalue weighted by atomic mass is 9.87. The predicted molar refractivity (Wildman–Crippen MR) is 98.4 cm³/mol. The van der Waals surface area contributed by atoms with Gasteiger partial charge in [-0.25, -0.2) is 0 Å². The molecule has 1 amide bonds. The molecule has 0 aliphatic rings. The van der Waals surface area contributed by atoms with Crippen LogP contribution >= 0.6 is 0 Å². The van der Waals surface area contributed by atoms with E-state index in [9.17, 15) is 4.79 Å². The molecule has 128 valence electrons. The summed E-state index contributed by atoms with van der Waals surface area (Å²) in [6.45, 7) is 8.90. The number of benzene rings is 2. The van der Waals surface area contributed by atoms with Gasteiger partial charge in [-0.3, -0.25) is 4.79 Å². The van der Waals surface area contributed by atoms with Crippen LogP contribution in [0.5, 0.6) is 5.75 Å². The van der Waals surface area contributed by atoms with Gasteiger partial charge in [0.2, 0.25) is 0 Å². The van der Waals surface area contributed by atoms with Gasteiger partial charge >= 0.3 is 0 Å². The summed E-state index contributed by atoms with van der Waals surface area (Å²) in [6.07, 6.45) is 0.306. The van der Waals surface area contributed by atoms with Gasteiger partial charge in [-0.05, 0) is 42.0 Å². The van der Waals surface area contributed by atoms with Crippen molar-refractivity contribution >= 4 is 5.91 Å².